The third-order valence-electron chi connectivity index (χ3n) is 4.39. The summed E-state index contributed by atoms with van der Waals surface area (Å²) in [6, 6.07) is 22.3. The molecule has 0 saturated heterocycles. The number of nitrogens with one attached hydrogen (secondary N) is 1. The first-order chi connectivity index (χ1) is 13.8. The predicted molar refractivity (Wildman–Crippen MR) is 114 cm³/mol. The predicted octanol–water partition coefficient (Wildman–Crippen LogP) is 5.63. The Morgan fingerprint density at radius 2 is 1.57 bits per heavy atom. The Bertz CT molecular complexity index is 1060. The van der Waals surface area contributed by atoms with Gasteiger partial charge in [-0.1, -0.05) is 35.6 Å². The standard InChI is InChI=1S/C22H19N3O2S/c1-26-20-12-9-16(13-21(20)27-2)18-5-3-4-6-19(18)24-17-10-7-15(8-11-17)22-25-23-14-28-22/h3-14,24H,1-2H3. The summed E-state index contributed by atoms with van der Waals surface area (Å²) >= 11 is 1.53. The Kier molecular flexibility index (Phi) is 5.21. The Balaban J connectivity index is 1.63. The summed E-state index contributed by atoms with van der Waals surface area (Å²) in [6.45, 7) is 0. The third-order valence-corrected chi connectivity index (χ3v) is 5.13. The maximum Gasteiger partial charge on any atom is 0.161 e. The molecule has 0 spiro atoms. The summed E-state index contributed by atoms with van der Waals surface area (Å²) < 4.78 is 10.8. The lowest BCUT2D eigenvalue weighted by atomic mass is 10.0. The highest BCUT2D eigenvalue weighted by atomic mass is 32.1. The zero-order chi connectivity index (χ0) is 19.3. The molecule has 0 unspecified atom stereocenters. The highest BCUT2D eigenvalue weighted by Crippen LogP contribution is 2.36. The number of hydrogen-bond donors (Lipinski definition) is 1. The van der Waals surface area contributed by atoms with E-state index in [1.807, 2.05) is 54.6 Å². The smallest absolute Gasteiger partial charge is 0.161 e. The quantitative estimate of drug-likeness (QED) is 0.463. The summed E-state index contributed by atoms with van der Waals surface area (Å²) in [5.41, 5.74) is 6.93. The molecule has 0 aliphatic carbocycles. The van der Waals surface area contributed by atoms with E-state index >= 15 is 0 Å². The number of ether oxygens (including phenoxy) is 2. The van der Waals surface area contributed by atoms with Gasteiger partial charge in [-0.05, 0) is 48.0 Å². The van der Waals surface area contributed by atoms with Gasteiger partial charge in [-0.3, -0.25) is 0 Å². The van der Waals surface area contributed by atoms with E-state index in [-0.39, 0.29) is 0 Å². The Hall–Kier alpha value is -3.38. The van der Waals surface area contributed by atoms with Crippen molar-refractivity contribution in [1.29, 1.82) is 0 Å². The molecule has 0 atom stereocenters. The molecule has 5 nitrogen and oxygen atoms in total. The second-order valence-electron chi connectivity index (χ2n) is 6.06. The summed E-state index contributed by atoms with van der Waals surface area (Å²) in [4.78, 5) is 0. The number of para-hydroxylation sites is 1. The fourth-order valence-electron chi connectivity index (χ4n) is 3.00. The molecule has 28 heavy (non-hydrogen) atoms. The molecule has 0 fully saturated rings. The molecule has 0 bridgehead atoms. The number of anilines is 2. The van der Waals surface area contributed by atoms with Crippen molar-refractivity contribution >= 4 is 22.7 Å². The maximum atomic E-state index is 5.45. The number of nitrogens with zero attached hydrogens (tertiary/aromatic N) is 2. The van der Waals surface area contributed by atoms with Crippen molar-refractivity contribution in [2.24, 2.45) is 0 Å². The first-order valence-electron chi connectivity index (χ1n) is 8.73. The SMILES string of the molecule is COc1ccc(-c2ccccc2Nc2ccc(-c3nncs3)cc2)cc1OC. The van der Waals surface area contributed by atoms with Crippen LogP contribution >= 0.6 is 11.3 Å². The van der Waals surface area contributed by atoms with Gasteiger partial charge >= 0.3 is 0 Å². The fourth-order valence-corrected chi connectivity index (χ4v) is 3.56. The van der Waals surface area contributed by atoms with Crippen LogP contribution in [-0.4, -0.2) is 24.4 Å². The van der Waals surface area contributed by atoms with Crippen LogP contribution in [0, 0.1) is 0 Å². The van der Waals surface area contributed by atoms with Crippen molar-refractivity contribution in [3.05, 3.63) is 72.2 Å². The van der Waals surface area contributed by atoms with Gasteiger partial charge in [-0.25, -0.2) is 0 Å². The van der Waals surface area contributed by atoms with Crippen LogP contribution in [-0.2, 0) is 0 Å². The molecule has 4 rings (SSSR count). The maximum absolute atomic E-state index is 5.45. The Morgan fingerprint density at radius 1 is 0.821 bits per heavy atom. The average Bonchev–Trinajstić information content (AvgIpc) is 3.29. The molecular formula is C22H19N3O2S. The van der Waals surface area contributed by atoms with Gasteiger partial charge in [0.25, 0.3) is 0 Å². The van der Waals surface area contributed by atoms with Gasteiger partial charge in [-0.2, -0.15) is 0 Å². The second-order valence-corrected chi connectivity index (χ2v) is 6.89. The molecule has 4 aromatic rings. The van der Waals surface area contributed by atoms with E-state index in [9.17, 15) is 0 Å². The largest absolute Gasteiger partial charge is 0.493 e. The summed E-state index contributed by atoms with van der Waals surface area (Å²) in [6.07, 6.45) is 0. The van der Waals surface area contributed by atoms with Gasteiger partial charge in [0.2, 0.25) is 0 Å². The van der Waals surface area contributed by atoms with Crippen molar-refractivity contribution in [2.45, 2.75) is 0 Å². The van der Waals surface area contributed by atoms with Crippen LogP contribution in [0.25, 0.3) is 21.7 Å². The molecule has 0 radical (unpaired) electrons. The average molecular weight is 389 g/mol. The van der Waals surface area contributed by atoms with E-state index in [1.165, 1.54) is 11.3 Å². The lowest BCUT2D eigenvalue weighted by Gasteiger charge is -2.14. The van der Waals surface area contributed by atoms with E-state index in [0.717, 1.165) is 33.1 Å². The topological polar surface area (TPSA) is 56.3 Å². The highest BCUT2D eigenvalue weighted by molar-refractivity contribution is 7.12. The van der Waals surface area contributed by atoms with Gasteiger partial charge in [0, 0.05) is 22.5 Å². The lowest BCUT2D eigenvalue weighted by Crippen LogP contribution is -1.95. The van der Waals surface area contributed by atoms with E-state index in [0.29, 0.717) is 11.5 Å². The minimum absolute atomic E-state index is 0.705. The number of benzene rings is 3. The Morgan fingerprint density at radius 3 is 2.29 bits per heavy atom. The van der Waals surface area contributed by atoms with Gasteiger partial charge in [0.15, 0.2) is 11.5 Å². The number of hydrogen-bond acceptors (Lipinski definition) is 6. The number of aromatic nitrogens is 2. The van der Waals surface area contributed by atoms with Crippen LogP contribution in [0.4, 0.5) is 11.4 Å². The highest BCUT2D eigenvalue weighted by Gasteiger charge is 2.10. The molecule has 6 heteroatoms. The third kappa shape index (κ3) is 3.68. The van der Waals surface area contributed by atoms with Crippen molar-refractivity contribution in [3.63, 3.8) is 0 Å². The zero-order valence-corrected chi connectivity index (χ0v) is 16.4. The second kappa shape index (κ2) is 8.10. The molecule has 0 saturated carbocycles. The van der Waals surface area contributed by atoms with Crippen molar-refractivity contribution in [3.8, 4) is 33.2 Å². The lowest BCUT2D eigenvalue weighted by molar-refractivity contribution is 0.355. The minimum Gasteiger partial charge on any atom is -0.493 e. The van der Waals surface area contributed by atoms with Gasteiger partial charge in [-0.15, -0.1) is 10.2 Å². The van der Waals surface area contributed by atoms with E-state index < -0.39 is 0 Å². The van der Waals surface area contributed by atoms with Crippen LogP contribution in [0.2, 0.25) is 0 Å². The van der Waals surface area contributed by atoms with Crippen molar-refractivity contribution in [2.75, 3.05) is 19.5 Å². The molecule has 0 amide bonds. The summed E-state index contributed by atoms with van der Waals surface area (Å²) in [5, 5.41) is 12.4. The molecule has 3 aromatic carbocycles. The number of rotatable bonds is 6. The summed E-state index contributed by atoms with van der Waals surface area (Å²) in [7, 11) is 3.28. The molecule has 0 aliphatic heterocycles. The minimum atomic E-state index is 0.705. The van der Waals surface area contributed by atoms with Crippen LogP contribution in [0.15, 0.2) is 72.2 Å². The van der Waals surface area contributed by atoms with Gasteiger partial charge in [0.1, 0.15) is 10.5 Å². The van der Waals surface area contributed by atoms with Crippen LogP contribution < -0.4 is 14.8 Å². The summed E-state index contributed by atoms with van der Waals surface area (Å²) in [5.74, 6) is 1.42. The molecular weight excluding hydrogens is 370 g/mol. The monoisotopic (exact) mass is 389 g/mol. The first kappa shape index (κ1) is 18.0. The van der Waals surface area contributed by atoms with Crippen LogP contribution in [0.1, 0.15) is 0 Å². The van der Waals surface area contributed by atoms with Crippen molar-refractivity contribution < 1.29 is 9.47 Å². The molecule has 1 N–H and O–H groups in total. The zero-order valence-electron chi connectivity index (χ0n) is 15.5. The van der Waals surface area contributed by atoms with Crippen LogP contribution in [0.3, 0.4) is 0 Å². The number of methoxy groups -OCH3 is 2. The van der Waals surface area contributed by atoms with E-state index in [4.69, 9.17) is 9.47 Å². The molecule has 140 valence electrons. The fraction of sp³-hybridized carbons (Fsp3) is 0.0909. The molecule has 1 heterocycles. The van der Waals surface area contributed by atoms with E-state index in [2.05, 4.69) is 27.6 Å². The Labute approximate surface area is 167 Å². The first-order valence-corrected chi connectivity index (χ1v) is 9.61. The van der Waals surface area contributed by atoms with E-state index in [1.54, 1.807) is 19.7 Å². The molecule has 0 aliphatic rings. The van der Waals surface area contributed by atoms with Crippen LogP contribution in [0.5, 0.6) is 11.5 Å². The normalized spacial score (nSPS) is 10.5. The molecule has 1 aromatic heterocycles. The van der Waals surface area contributed by atoms with Gasteiger partial charge in [0.05, 0.1) is 14.2 Å². The van der Waals surface area contributed by atoms with Gasteiger partial charge < -0.3 is 14.8 Å². The van der Waals surface area contributed by atoms with Crippen molar-refractivity contribution in [1.82, 2.24) is 10.2 Å².